The van der Waals surface area contributed by atoms with Gasteiger partial charge in [-0.1, -0.05) is 0 Å². The average molecular weight is 262 g/mol. The third kappa shape index (κ3) is 1870. The molecule has 0 aromatic carbocycles. The first kappa shape index (κ1) is 96.2. The average Bonchev–Trinajstić information content (AvgIpc) is 1.39. The second-order valence-electron chi connectivity index (χ2n) is 0.192. The van der Waals surface area contributed by atoms with Gasteiger partial charge in [-0.2, -0.15) is 0 Å². The summed E-state index contributed by atoms with van der Waals surface area (Å²) in [4.78, 5) is 16.9. The zero-order chi connectivity index (χ0) is 5.41. The Labute approximate surface area is 92.5 Å². The van der Waals surface area contributed by atoms with Crippen LogP contribution in [-0.4, -0.2) is 55.9 Å². The van der Waals surface area contributed by atoms with Crippen LogP contribution in [0.15, 0.2) is 0 Å². The Kier molecular flexibility index (Phi) is 1600. The zero-order valence-corrected chi connectivity index (χ0v) is 10.2. The van der Waals surface area contributed by atoms with Gasteiger partial charge in [0.1, 0.15) is 0 Å². The first-order valence-electron chi connectivity index (χ1n) is 0.943. The Hall–Kier alpha value is 0.906. The molecule has 88 valence electrons. The molecule has 0 aliphatic heterocycles. The van der Waals surface area contributed by atoms with Crippen LogP contribution in [0.2, 0.25) is 0 Å². The SMILES string of the molecule is O.O.O.O.O.O.O=[PH2][O-].O=[PH2][O-].[Mg+2]. The van der Waals surface area contributed by atoms with Crippen molar-refractivity contribution in [1.29, 1.82) is 0 Å². The maximum atomic E-state index is 8.46. The summed E-state index contributed by atoms with van der Waals surface area (Å²) in [5.41, 5.74) is 0. The van der Waals surface area contributed by atoms with Gasteiger partial charge in [-0.05, 0) is 17.4 Å². The van der Waals surface area contributed by atoms with E-state index in [1.165, 1.54) is 0 Å². The van der Waals surface area contributed by atoms with Gasteiger partial charge in [0.05, 0.1) is 0 Å². The van der Waals surface area contributed by atoms with Crippen molar-refractivity contribution in [2.75, 3.05) is 0 Å². The molecule has 0 radical (unpaired) electrons. The maximum Gasteiger partial charge on any atom is 2.00 e. The maximum absolute atomic E-state index is 8.46. The smallest absolute Gasteiger partial charge is 0.804 e. The Morgan fingerprint density at radius 1 is 0.615 bits per heavy atom. The molecule has 2 atom stereocenters. The fourth-order valence-corrected chi connectivity index (χ4v) is 0. The van der Waals surface area contributed by atoms with Crippen molar-refractivity contribution in [3.63, 3.8) is 0 Å². The Morgan fingerprint density at radius 3 is 0.615 bits per heavy atom. The van der Waals surface area contributed by atoms with Crippen LogP contribution in [0.5, 0.6) is 0 Å². The topological polar surface area (TPSA) is 269 Å². The summed E-state index contributed by atoms with van der Waals surface area (Å²) in [6.07, 6.45) is 0. The first-order valence-corrected chi connectivity index (χ1v) is 2.83. The molecule has 0 fully saturated rings. The van der Waals surface area contributed by atoms with E-state index in [0.717, 1.165) is 0 Å². The zero-order valence-electron chi connectivity index (χ0n) is 6.49. The number of rotatable bonds is 0. The normalized spacial score (nSPS) is 4.46. The molecule has 13 heavy (non-hydrogen) atoms. The molecule has 0 aliphatic carbocycles. The van der Waals surface area contributed by atoms with E-state index in [2.05, 4.69) is 0 Å². The van der Waals surface area contributed by atoms with Gasteiger partial charge in [-0.15, -0.1) is 0 Å². The molecule has 0 aliphatic rings. The molecule has 0 saturated carbocycles. The van der Waals surface area contributed by atoms with Gasteiger partial charge < -0.3 is 51.8 Å². The van der Waals surface area contributed by atoms with E-state index in [-0.39, 0.29) is 55.9 Å². The molecule has 0 bridgehead atoms. The number of hydrogen-bond donors (Lipinski definition) is 0. The standard InChI is InChI=1S/Mg.2H3O2P.6H2O/c;2*1-3-2;;;;;;/h;2*3H2,(H,1,2);6*1H2/q+2;;;;;;;;/p-2. The van der Waals surface area contributed by atoms with Crippen LogP contribution < -0.4 is 9.79 Å². The van der Waals surface area contributed by atoms with Crippen molar-refractivity contribution in [3.8, 4) is 0 Å². The van der Waals surface area contributed by atoms with Gasteiger partial charge in [0.15, 0.2) is 0 Å². The van der Waals surface area contributed by atoms with Crippen molar-refractivity contribution in [2.24, 2.45) is 0 Å². The molecule has 0 heterocycles. The van der Waals surface area contributed by atoms with Gasteiger partial charge in [0.25, 0.3) is 0 Å². The van der Waals surface area contributed by atoms with Crippen molar-refractivity contribution in [2.45, 2.75) is 0 Å². The molecule has 0 amide bonds. The molecular weight excluding hydrogens is 246 g/mol. The third-order valence-electron chi connectivity index (χ3n) is 0. The van der Waals surface area contributed by atoms with Gasteiger partial charge in [-0.3, -0.25) is 0 Å². The van der Waals surface area contributed by atoms with Crippen LogP contribution in [0, 0.1) is 0 Å². The van der Waals surface area contributed by atoms with Gasteiger partial charge >= 0.3 is 23.1 Å². The van der Waals surface area contributed by atoms with Crippen molar-refractivity contribution in [1.82, 2.24) is 0 Å². The predicted octanol–water partition coefficient (Wildman–Crippen LogP) is -7.29. The van der Waals surface area contributed by atoms with Crippen LogP contribution >= 0.6 is 17.4 Å². The molecule has 0 rings (SSSR count). The van der Waals surface area contributed by atoms with Crippen molar-refractivity contribution >= 4 is 40.4 Å². The van der Waals surface area contributed by atoms with E-state index >= 15 is 0 Å². The summed E-state index contributed by atoms with van der Waals surface area (Å²) in [5, 5.41) is 0. The molecule has 12 N–H and O–H groups in total. The van der Waals surface area contributed by atoms with E-state index in [0.29, 0.717) is 0 Å². The van der Waals surface area contributed by atoms with E-state index in [9.17, 15) is 0 Å². The van der Waals surface area contributed by atoms with E-state index < -0.39 is 17.4 Å². The van der Waals surface area contributed by atoms with Gasteiger partial charge in [0, 0.05) is 0 Å². The molecular formula is H16MgO10P2. The van der Waals surface area contributed by atoms with Crippen molar-refractivity contribution < 1.29 is 51.8 Å². The van der Waals surface area contributed by atoms with Crippen LogP contribution in [-0.2, 0) is 9.13 Å². The fourth-order valence-electron chi connectivity index (χ4n) is 0. The monoisotopic (exact) mass is 262 g/mol. The summed E-state index contributed by atoms with van der Waals surface area (Å²) < 4.78 is 16.9. The second kappa shape index (κ2) is 217. The molecule has 0 aromatic rings. The Bertz CT molecular complexity index is 33.9. The minimum Gasteiger partial charge on any atom is -0.804 e. The summed E-state index contributed by atoms with van der Waals surface area (Å²) in [7, 11) is -3.50. The third-order valence-corrected chi connectivity index (χ3v) is 0. The predicted molar refractivity (Wildman–Crippen MR) is 48.2 cm³/mol. The quantitative estimate of drug-likeness (QED) is 0.303. The van der Waals surface area contributed by atoms with Gasteiger partial charge in [0.2, 0.25) is 0 Å². The number of hydrogen-bond acceptors (Lipinski definition) is 4. The minimum absolute atomic E-state index is 0. The minimum atomic E-state index is -1.75. The molecule has 2 unspecified atom stereocenters. The summed E-state index contributed by atoms with van der Waals surface area (Å²) >= 11 is 0. The Balaban J connectivity index is -0.00000000229. The van der Waals surface area contributed by atoms with Crippen LogP contribution in [0.4, 0.5) is 0 Å². The molecule has 0 aromatic heterocycles. The van der Waals surface area contributed by atoms with Gasteiger partial charge in [-0.25, -0.2) is 0 Å². The van der Waals surface area contributed by atoms with E-state index in [4.69, 9.17) is 18.9 Å². The first-order chi connectivity index (χ1) is 2.83. The van der Waals surface area contributed by atoms with Crippen molar-refractivity contribution in [3.05, 3.63) is 0 Å². The second-order valence-corrected chi connectivity index (χ2v) is 0.577. The van der Waals surface area contributed by atoms with E-state index in [1.54, 1.807) is 0 Å². The van der Waals surface area contributed by atoms with Crippen LogP contribution in [0.25, 0.3) is 0 Å². The summed E-state index contributed by atoms with van der Waals surface area (Å²) in [5.74, 6) is 0. The Morgan fingerprint density at radius 2 is 0.615 bits per heavy atom. The molecule has 13 heteroatoms. The van der Waals surface area contributed by atoms with Crippen LogP contribution in [0.1, 0.15) is 0 Å². The largest absolute Gasteiger partial charge is 2.00 e. The fraction of sp³-hybridized carbons (Fsp3) is 0. The van der Waals surface area contributed by atoms with Crippen LogP contribution in [0.3, 0.4) is 0 Å². The molecule has 0 spiro atoms. The molecule has 10 nitrogen and oxygen atoms in total. The summed E-state index contributed by atoms with van der Waals surface area (Å²) in [6, 6.07) is 0. The molecule has 0 saturated heterocycles. The summed E-state index contributed by atoms with van der Waals surface area (Å²) in [6.45, 7) is 0. The van der Waals surface area contributed by atoms with E-state index in [1.807, 2.05) is 0 Å².